The maximum atomic E-state index is 12.4. The van der Waals surface area contributed by atoms with E-state index in [1.807, 2.05) is 24.3 Å². The third-order valence-electron chi connectivity index (χ3n) is 3.80. The maximum absolute atomic E-state index is 12.4. The minimum atomic E-state index is -0.506. The first-order valence-corrected chi connectivity index (χ1v) is 8.59. The molecule has 0 bridgehead atoms. The molecule has 1 aliphatic heterocycles. The van der Waals surface area contributed by atoms with Gasteiger partial charge >= 0.3 is 5.97 Å². The molecule has 2 aromatic rings. The van der Waals surface area contributed by atoms with Crippen molar-refractivity contribution in [3.8, 4) is 11.3 Å². The van der Waals surface area contributed by atoms with E-state index < -0.39 is 12.0 Å². The van der Waals surface area contributed by atoms with Crippen LogP contribution < -0.4 is 10.6 Å². The molecule has 0 fully saturated rings. The van der Waals surface area contributed by atoms with Gasteiger partial charge in [0, 0.05) is 16.3 Å². The van der Waals surface area contributed by atoms with Gasteiger partial charge in [0.05, 0.1) is 12.2 Å². The molecule has 0 amide bonds. The standard InChI is InChI=1S/C18H17ClN2O3S/c1-3-23-17(22)15-10(2)20-18(25)21-16(15)14-9-8-13(24-14)11-4-6-12(19)7-5-11/h4-9,16H,3H2,1-2H3,(H2,20,21,25)/t16-/m1/s1. The van der Waals surface area contributed by atoms with E-state index in [9.17, 15) is 4.79 Å². The molecule has 7 heteroatoms. The molecule has 5 nitrogen and oxygen atoms in total. The van der Waals surface area contributed by atoms with Crippen molar-refractivity contribution >= 4 is 34.9 Å². The fraction of sp³-hybridized carbons (Fsp3) is 0.222. The van der Waals surface area contributed by atoms with Crippen LogP contribution in [0.3, 0.4) is 0 Å². The largest absolute Gasteiger partial charge is 0.463 e. The van der Waals surface area contributed by atoms with Crippen molar-refractivity contribution in [1.82, 2.24) is 10.6 Å². The number of benzene rings is 1. The van der Waals surface area contributed by atoms with E-state index >= 15 is 0 Å². The quantitative estimate of drug-likeness (QED) is 0.622. The first-order chi connectivity index (χ1) is 12.0. The number of furan rings is 1. The van der Waals surface area contributed by atoms with Gasteiger partial charge in [-0.25, -0.2) is 4.79 Å². The van der Waals surface area contributed by atoms with Crippen LogP contribution in [0.4, 0.5) is 0 Å². The Morgan fingerprint density at radius 3 is 2.68 bits per heavy atom. The lowest BCUT2D eigenvalue weighted by Crippen LogP contribution is -2.45. The third-order valence-corrected chi connectivity index (χ3v) is 4.28. The lowest BCUT2D eigenvalue weighted by atomic mass is 10.0. The monoisotopic (exact) mass is 376 g/mol. The van der Waals surface area contributed by atoms with Crippen molar-refractivity contribution < 1.29 is 13.9 Å². The van der Waals surface area contributed by atoms with E-state index in [4.69, 9.17) is 33.0 Å². The second-order valence-corrected chi connectivity index (χ2v) is 6.34. The van der Waals surface area contributed by atoms with Crippen LogP contribution >= 0.6 is 23.8 Å². The van der Waals surface area contributed by atoms with Crippen LogP contribution in [0.2, 0.25) is 5.02 Å². The van der Waals surface area contributed by atoms with Crippen molar-refractivity contribution in [1.29, 1.82) is 0 Å². The Hall–Kier alpha value is -2.31. The first kappa shape index (κ1) is 17.5. The van der Waals surface area contributed by atoms with Gasteiger partial charge in [0.2, 0.25) is 0 Å². The SMILES string of the molecule is CCOC(=O)C1=C(C)NC(=S)N[C@@H]1c1ccc(-c2ccc(Cl)cc2)o1. The molecule has 3 rings (SSSR count). The summed E-state index contributed by atoms with van der Waals surface area (Å²) >= 11 is 11.1. The molecule has 2 heterocycles. The molecule has 130 valence electrons. The minimum absolute atomic E-state index is 0.293. The van der Waals surface area contributed by atoms with E-state index in [1.165, 1.54) is 0 Å². The van der Waals surface area contributed by atoms with Gasteiger partial charge in [0.25, 0.3) is 0 Å². The normalized spacial score (nSPS) is 17.1. The lowest BCUT2D eigenvalue weighted by Gasteiger charge is -2.28. The van der Waals surface area contributed by atoms with Crippen LogP contribution in [0.15, 0.2) is 52.1 Å². The minimum Gasteiger partial charge on any atom is -0.463 e. The predicted octanol–water partition coefficient (Wildman–Crippen LogP) is 3.96. The molecule has 0 spiro atoms. The van der Waals surface area contributed by atoms with Crippen LogP contribution in [0, 0.1) is 0 Å². The van der Waals surface area contributed by atoms with Gasteiger partial charge in [-0.15, -0.1) is 0 Å². The predicted molar refractivity (Wildman–Crippen MR) is 100 cm³/mol. The fourth-order valence-electron chi connectivity index (χ4n) is 2.66. The summed E-state index contributed by atoms with van der Waals surface area (Å²) in [4.78, 5) is 12.4. The summed E-state index contributed by atoms with van der Waals surface area (Å²) in [5, 5.41) is 7.12. The van der Waals surface area contributed by atoms with E-state index in [2.05, 4.69) is 10.6 Å². The van der Waals surface area contributed by atoms with Gasteiger partial charge < -0.3 is 19.8 Å². The number of rotatable bonds is 4. The van der Waals surface area contributed by atoms with Gasteiger partial charge in [0.15, 0.2) is 5.11 Å². The molecular formula is C18H17ClN2O3S. The third kappa shape index (κ3) is 3.70. The Morgan fingerprint density at radius 2 is 2.00 bits per heavy atom. The van der Waals surface area contributed by atoms with Crippen molar-refractivity contribution in [2.75, 3.05) is 6.61 Å². The van der Waals surface area contributed by atoms with Gasteiger partial charge in [-0.3, -0.25) is 0 Å². The molecule has 2 N–H and O–H groups in total. The van der Waals surface area contributed by atoms with E-state index in [0.717, 1.165) is 5.56 Å². The molecular weight excluding hydrogens is 360 g/mol. The Kier molecular flexibility index (Phi) is 5.11. The van der Waals surface area contributed by atoms with Crippen LogP contribution in [0.5, 0.6) is 0 Å². The molecule has 1 aromatic carbocycles. The lowest BCUT2D eigenvalue weighted by molar-refractivity contribution is -0.139. The number of esters is 1. The summed E-state index contributed by atoms with van der Waals surface area (Å²) in [5.74, 6) is 0.854. The molecule has 0 radical (unpaired) electrons. The van der Waals surface area contributed by atoms with Gasteiger partial charge in [0.1, 0.15) is 17.6 Å². The summed E-state index contributed by atoms with van der Waals surface area (Å²) in [7, 11) is 0. The number of ether oxygens (including phenoxy) is 1. The number of nitrogens with one attached hydrogen (secondary N) is 2. The number of allylic oxidation sites excluding steroid dienone is 1. The number of thiocarbonyl (C=S) groups is 1. The van der Waals surface area contributed by atoms with Crippen molar-refractivity contribution in [2.45, 2.75) is 19.9 Å². The molecule has 0 aliphatic carbocycles. The smallest absolute Gasteiger partial charge is 0.338 e. The molecule has 0 unspecified atom stereocenters. The topological polar surface area (TPSA) is 63.5 Å². The van der Waals surface area contributed by atoms with Gasteiger partial charge in [-0.2, -0.15) is 0 Å². The molecule has 1 aliphatic rings. The highest BCUT2D eigenvalue weighted by Gasteiger charge is 2.33. The maximum Gasteiger partial charge on any atom is 0.338 e. The van der Waals surface area contributed by atoms with Crippen molar-refractivity contribution in [3.63, 3.8) is 0 Å². The van der Waals surface area contributed by atoms with E-state index in [0.29, 0.717) is 39.5 Å². The van der Waals surface area contributed by atoms with Crippen LogP contribution in [0.1, 0.15) is 25.6 Å². The highest BCUT2D eigenvalue weighted by Crippen LogP contribution is 2.32. The molecule has 1 aromatic heterocycles. The zero-order chi connectivity index (χ0) is 18.0. The molecule has 0 saturated carbocycles. The van der Waals surface area contributed by atoms with Crippen LogP contribution in [-0.2, 0) is 9.53 Å². The van der Waals surface area contributed by atoms with E-state index in [-0.39, 0.29) is 0 Å². The molecule has 1 atom stereocenters. The van der Waals surface area contributed by atoms with E-state index in [1.54, 1.807) is 26.0 Å². The number of carbonyl (C=O) groups is 1. The second kappa shape index (κ2) is 7.29. The summed E-state index contributed by atoms with van der Waals surface area (Å²) in [5.41, 5.74) is 2.00. The van der Waals surface area contributed by atoms with Crippen LogP contribution in [0.25, 0.3) is 11.3 Å². The number of carbonyl (C=O) groups excluding carboxylic acids is 1. The van der Waals surface area contributed by atoms with Gasteiger partial charge in [-0.05, 0) is 62.5 Å². The fourth-order valence-corrected chi connectivity index (χ4v) is 3.06. The summed E-state index contributed by atoms with van der Waals surface area (Å²) in [6.45, 7) is 3.85. The molecule has 0 saturated heterocycles. The van der Waals surface area contributed by atoms with Crippen molar-refractivity contribution in [3.05, 3.63) is 58.5 Å². The highest BCUT2D eigenvalue weighted by molar-refractivity contribution is 7.80. The van der Waals surface area contributed by atoms with Gasteiger partial charge in [-0.1, -0.05) is 11.6 Å². The Labute approximate surface area is 156 Å². The summed E-state index contributed by atoms with van der Waals surface area (Å²) in [6, 6.07) is 10.5. The summed E-state index contributed by atoms with van der Waals surface area (Å²) < 4.78 is 11.1. The second-order valence-electron chi connectivity index (χ2n) is 5.50. The number of hydrogen-bond donors (Lipinski definition) is 2. The first-order valence-electron chi connectivity index (χ1n) is 7.80. The summed E-state index contributed by atoms with van der Waals surface area (Å²) in [6.07, 6.45) is 0. The Morgan fingerprint density at radius 1 is 1.28 bits per heavy atom. The molecule has 25 heavy (non-hydrogen) atoms. The number of halogens is 1. The van der Waals surface area contributed by atoms with Crippen LogP contribution in [-0.4, -0.2) is 17.7 Å². The zero-order valence-corrected chi connectivity index (χ0v) is 15.3. The van der Waals surface area contributed by atoms with Crippen molar-refractivity contribution in [2.24, 2.45) is 0 Å². The Balaban J connectivity index is 1.96. The Bertz CT molecular complexity index is 842. The zero-order valence-electron chi connectivity index (χ0n) is 13.8. The highest BCUT2D eigenvalue weighted by atomic mass is 35.5. The average Bonchev–Trinajstić information content (AvgIpc) is 3.04. The average molecular weight is 377 g/mol. The number of hydrogen-bond acceptors (Lipinski definition) is 4.